The molecule has 0 aliphatic carbocycles. The van der Waals surface area contributed by atoms with Crippen molar-refractivity contribution < 1.29 is 9.53 Å². The Morgan fingerprint density at radius 2 is 2.00 bits per heavy atom. The van der Waals surface area contributed by atoms with Crippen molar-refractivity contribution in [3.63, 3.8) is 0 Å². The van der Waals surface area contributed by atoms with E-state index in [0.29, 0.717) is 43.2 Å². The largest absolute Gasteiger partial charge is 0.490 e. The number of amides is 1. The highest BCUT2D eigenvalue weighted by atomic mass is 79.9. The Balaban J connectivity index is 1.73. The van der Waals surface area contributed by atoms with E-state index in [1.54, 1.807) is 11.0 Å². The zero-order chi connectivity index (χ0) is 19.6. The lowest BCUT2D eigenvalue weighted by Crippen LogP contribution is -2.49. The number of aromatic amines is 1. The number of nitrogen functional groups attached to an aromatic ring is 1. The van der Waals surface area contributed by atoms with Crippen LogP contribution in [0.25, 0.3) is 0 Å². The summed E-state index contributed by atoms with van der Waals surface area (Å²) in [6, 6.07) is 5.43. The van der Waals surface area contributed by atoms with E-state index in [2.05, 4.69) is 25.9 Å². The van der Waals surface area contributed by atoms with Crippen LogP contribution in [0.4, 0.5) is 11.5 Å². The molecule has 1 aromatic carbocycles. The summed E-state index contributed by atoms with van der Waals surface area (Å²) in [6.07, 6.45) is 1.44. The van der Waals surface area contributed by atoms with Gasteiger partial charge in [0, 0.05) is 30.7 Å². The van der Waals surface area contributed by atoms with E-state index in [9.17, 15) is 9.59 Å². The van der Waals surface area contributed by atoms with Gasteiger partial charge < -0.3 is 20.3 Å². The third kappa shape index (κ3) is 4.41. The van der Waals surface area contributed by atoms with Crippen LogP contribution in [0.5, 0.6) is 5.75 Å². The Kier molecular flexibility index (Phi) is 5.69. The topological polar surface area (TPSA) is 105 Å². The van der Waals surface area contributed by atoms with Gasteiger partial charge in [0.1, 0.15) is 11.6 Å². The van der Waals surface area contributed by atoms with Gasteiger partial charge in [-0.25, -0.2) is 4.79 Å². The fourth-order valence-corrected chi connectivity index (χ4v) is 3.34. The molecule has 0 saturated carbocycles. The van der Waals surface area contributed by atoms with Crippen LogP contribution in [-0.4, -0.2) is 53.1 Å². The van der Waals surface area contributed by atoms with E-state index in [1.807, 2.05) is 30.9 Å². The highest BCUT2D eigenvalue weighted by Crippen LogP contribution is 2.27. The average Bonchev–Trinajstić information content (AvgIpc) is 2.61. The van der Waals surface area contributed by atoms with Crippen LogP contribution in [-0.2, 0) is 0 Å². The summed E-state index contributed by atoms with van der Waals surface area (Å²) in [5.41, 5.74) is 6.63. The van der Waals surface area contributed by atoms with E-state index in [1.165, 1.54) is 6.20 Å². The summed E-state index contributed by atoms with van der Waals surface area (Å²) >= 11 is 3.42. The van der Waals surface area contributed by atoms with Crippen molar-refractivity contribution in [1.82, 2.24) is 14.9 Å². The van der Waals surface area contributed by atoms with Gasteiger partial charge >= 0.3 is 5.69 Å². The molecule has 1 amide bonds. The molecule has 9 heteroatoms. The first-order valence-electron chi connectivity index (χ1n) is 8.70. The van der Waals surface area contributed by atoms with Gasteiger partial charge in [0.25, 0.3) is 5.91 Å². The molecule has 0 atom stereocenters. The second kappa shape index (κ2) is 7.99. The minimum Gasteiger partial charge on any atom is -0.490 e. The molecule has 8 nitrogen and oxygen atoms in total. The fourth-order valence-electron chi connectivity index (χ4n) is 3.00. The van der Waals surface area contributed by atoms with Crippen LogP contribution in [0.3, 0.4) is 0 Å². The second-order valence-electron chi connectivity index (χ2n) is 6.57. The molecule has 0 radical (unpaired) electrons. The van der Waals surface area contributed by atoms with Gasteiger partial charge in [0.05, 0.1) is 23.6 Å². The van der Waals surface area contributed by atoms with Gasteiger partial charge in [-0.15, -0.1) is 0 Å². The Hall–Kier alpha value is -2.55. The summed E-state index contributed by atoms with van der Waals surface area (Å²) in [5, 5.41) is 0. The zero-order valence-electron chi connectivity index (χ0n) is 15.2. The monoisotopic (exact) mass is 435 g/mol. The van der Waals surface area contributed by atoms with E-state index in [-0.39, 0.29) is 17.8 Å². The molecule has 1 aromatic heterocycles. The highest BCUT2D eigenvalue weighted by molar-refractivity contribution is 9.10. The Bertz CT molecular complexity index is 891. The minimum absolute atomic E-state index is 0.0293. The predicted octanol–water partition coefficient (Wildman–Crippen LogP) is 1.86. The number of hydrogen-bond acceptors (Lipinski definition) is 6. The van der Waals surface area contributed by atoms with Crippen molar-refractivity contribution in [3.05, 3.63) is 44.9 Å². The van der Waals surface area contributed by atoms with Crippen LogP contribution in [0, 0.1) is 0 Å². The van der Waals surface area contributed by atoms with Gasteiger partial charge in [0.2, 0.25) is 0 Å². The summed E-state index contributed by atoms with van der Waals surface area (Å²) in [7, 11) is 0. The van der Waals surface area contributed by atoms with Crippen LogP contribution in [0.2, 0.25) is 0 Å². The van der Waals surface area contributed by atoms with Crippen molar-refractivity contribution >= 4 is 33.3 Å². The number of nitrogens with zero attached hydrogens (tertiary/aromatic N) is 3. The number of halogens is 1. The van der Waals surface area contributed by atoms with Gasteiger partial charge in [-0.3, -0.25) is 9.78 Å². The third-order valence-corrected chi connectivity index (χ3v) is 4.76. The zero-order valence-corrected chi connectivity index (χ0v) is 16.8. The molecule has 0 spiro atoms. The first kappa shape index (κ1) is 19.2. The molecule has 3 rings (SSSR count). The molecule has 2 aromatic rings. The number of carbonyl (C=O) groups excluding carboxylic acids is 1. The van der Waals surface area contributed by atoms with Gasteiger partial charge in [-0.05, 0) is 32.0 Å². The third-order valence-electron chi connectivity index (χ3n) is 4.27. The number of ether oxygens (including phenoxy) is 1. The summed E-state index contributed by atoms with van der Waals surface area (Å²) < 4.78 is 6.67. The number of rotatable bonds is 4. The molecule has 0 unspecified atom stereocenters. The van der Waals surface area contributed by atoms with Crippen LogP contribution in [0.1, 0.15) is 24.2 Å². The van der Waals surface area contributed by atoms with Gasteiger partial charge in [-0.1, -0.05) is 15.9 Å². The molecular formula is C18H22BrN5O3. The molecule has 1 fully saturated rings. The number of nitrogens with two attached hydrogens (primary N) is 1. The molecule has 0 bridgehead atoms. The Morgan fingerprint density at radius 3 is 2.63 bits per heavy atom. The number of nitrogens with one attached hydrogen (secondary N) is 1. The number of piperazine rings is 1. The van der Waals surface area contributed by atoms with Crippen LogP contribution < -0.4 is 21.1 Å². The molecular weight excluding hydrogens is 414 g/mol. The van der Waals surface area contributed by atoms with Gasteiger partial charge in [0.15, 0.2) is 0 Å². The normalized spacial score (nSPS) is 14.5. The predicted molar refractivity (Wildman–Crippen MR) is 107 cm³/mol. The molecule has 27 heavy (non-hydrogen) atoms. The number of benzene rings is 1. The van der Waals surface area contributed by atoms with Crippen molar-refractivity contribution in [1.29, 1.82) is 0 Å². The quantitative estimate of drug-likeness (QED) is 0.759. The van der Waals surface area contributed by atoms with Crippen molar-refractivity contribution in [2.45, 2.75) is 20.0 Å². The smallest absolute Gasteiger partial charge is 0.346 e. The maximum absolute atomic E-state index is 13.0. The SMILES string of the molecule is CC(C)Oc1cc(Br)ccc1C(=O)N1CCN(c2cnc(=O)[nH]c2N)CC1. The molecule has 2 heterocycles. The first-order chi connectivity index (χ1) is 12.8. The highest BCUT2D eigenvalue weighted by Gasteiger charge is 2.26. The molecule has 144 valence electrons. The molecule has 1 aliphatic rings. The standard InChI is InChI=1S/C18H22BrN5O3/c1-11(2)27-15-9-12(19)3-4-13(15)17(25)24-7-5-23(6-8-24)14-10-21-18(26)22-16(14)20/h3-4,9-11H,5-8H2,1-2H3,(H3,20,21,22,26). The lowest BCUT2D eigenvalue weighted by molar-refractivity contribution is 0.0740. The summed E-state index contributed by atoms with van der Waals surface area (Å²) in [4.78, 5) is 34.2. The lowest BCUT2D eigenvalue weighted by atomic mass is 10.1. The maximum atomic E-state index is 13.0. The average molecular weight is 436 g/mol. The van der Waals surface area contributed by atoms with Crippen molar-refractivity contribution in [2.75, 3.05) is 36.8 Å². The maximum Gasteiger partial charge on any atom is 0.346 e. The molecule has 3 N–H and O–H groups in total. The van der Waals surface area contributed by atoms with E-state index in [4.69, 9.17) is 10.5 Å². The van der Waals surface area contributed by atoms with E-state index < -0.39 is 5.69 Å². The summed E-state index contributed by atoms with van der Waals surface area (Å²) in [5.74, 6) is 0.793. The van der Waals surface area contributed by atoms with Gasteiger partial charge in [-0.2, -0.15) is 4.98 Å². The fraction of sp³-hybridized carbons (Fsp3) is 0.389. The number of anilines is 2. The van der Waals surface area contributed by atoms with Crippen LogP contribution in [0.15, 0.2) is 33.7 Å². The van der Waals surface area contributed by atoms with E-state index >= 15 is 0 Å². The number of aromatic nitrogens is 2. The number of carbonyl (C=O) groups is 1. The van der Waals surface area contributed by atoms with Crippen LogP contribution >= 0.6 is 15.9 Å². The van der Waals surface area contributed by atoms with E-state index in [0.717, 1.165) is 4.47 Å². The van der Waals surface area contributed by atoms with Crippen molar-refractivity contribution in [3.8, 4) is 5.75 Å². The first-order valence-corrected chi connectivity index (χ1v) is 9.49. The van der Waals surface area contributed by atoms with Crippen molar-refractivity contribution in [2.24, 2.45) is 0 Å². The Morgan fingerprint density at radius 1 is 1.30 bits per heavy atom. The number of hydrogen-bond donors (Lipinski definition) is 2. The lowest BCUT2D eigenvalue weighted by Gasteiger charge is -2.36. The molecule has 1 saturated heterocycles. The minimum atomic E-state index is -0.474. The number of H-pyrrole nitrogens is 1. The Labute approximate surface area is 165 Å². The summed E-state index contributed by atoms with van der Waals surface area (Å²) in [6.45, 7) is 6.12. The second-order valence-corrected chi connectivity index (χ2v) is 7.49. The molecule has 1 aliphatic heterocycles.